The summed E-state index contributed by atoms with van der Waals surface area (Å²) in [5.41, 5.74) is 5.24. The second kappa shape index (κ2) is 10.0. The summed E-state index contributed by atoms with van der Waals surface area (Å²) >= 11 is 0. The Morgan fingerprint density at radius 2 is 1.90 bits per heavy atom. The van der Waals surface area contributed by atoms with Crippen LogP contribution in [0.5, 0.6) is 0 Å². The van der Waals surface area contributed by atoms with Crippen LogP contribution in [0.15, 0.2) is 0 Å². The van der Waals surface area contributed by atoms with E-state index in [2.05, 4.69) is 11.2 Å². The number of hydrogen-bond acceptors (Lipinski definition) is 3. The number of carbonyl (C=O) groups is 3. The molecular weight excluding hydrogens is 256 g/mol. The van der Waals surface area contributed by atoms with E-state index in [1.54, 1.807) is 13.8 Å². The minimum atomic E-state index is -0.716. The SMILES string of the molecule is C#CCCC(=O)NCCCCC(C(N)=O)C(=O)C(C)C. The van der Waals surface area contributed by atoms with E-state index in [0.29, 0.717) is 38.6 Å². The first kappa shape index (κ1) is 18.2. The van der Waals surface area contributed by atoms with Crippen molar-refractivity contribution in [2.45, 2.75) is 46.0 Å². The molecule has 0 aliphatic heterocycles. The summed E-state index contributed by atoms with van der Waals surface area (Å²) in [6, 6.07) is 0. The quantitative estimate of drug-likeness (QED) is 0.355. The third-order valence-electron chi connectivity index (χ3n) is 2.99. The van der Waals surface area contributed by atoms with Gasteiger partial charge in [0.25, 0.3) is 0 Å². The lowest BCUT2D eigenvalue weighted by molar-refractivity contribution is -0.134. The van der Waals surface area contributed by atoms with Crippen molar-refractivity contribution in [3.8, 4) is 12.3 Å². The summed E-state index contributed by atoms with van der Waals surface area (Å²) in [5.74, 6) is 0.728. The number of nitrogens with one attached hydrogen (secondary N) is 1. The molecule has 2 amide bonds. The van der Waals surface area contributed by atoms with Crippen molar-refractivity contribution < 1.29 is 14.4 Å². The largest absolute Gasteiger partial charge is 0.369 e. The highest BCUT2D eigenvalue weighted by Gasteiger charge is 2.25. The molecule has 5 nitrogen and oxygen atoms in total. The van der Waals surface area contributed by atoms with Gasteiger partial charge < -0.3 is 11.1 Å². The number of rotatable bonds is 10. The van der Waals surface area contributed by atoms with Crippen LogP contribution in [-0.4, -0.2) is 24.1 Å². The van der Waals surface area contributed by atoms with Crippen LogP contribution in [0.2, 0.25) is 0 Å². The highest BCUT2D eigenvalue weighted by atomic mass is 16.2. The number of amides is 2. The standard InChI is InChI=1S/C15H24N2O3/c1-4-5-9-13(18)17-10-7-6-8-12(15(16)20)14(19)11(2)3/h1,11-12H,5-10H2,2-3H3,(H2,16,20)(H,17,18). The van der Waals surface area contributed by atoms with Gasteiger partial charge >= 0.3 is 0 Å². The van der Waals surface area contributed by atoms with Gasteiger partial charge in [-0.2, -0.15) is 0 Å². The normalized spacial score (nSPS) is 11.7. The number of Topliss-reactive ketones (excluding diaryl/α,β-unsaturated/α-hetero) is 1. The van der Waals surface area contributed by atoms with Gasteiger partial charge in [0.15, 0.2) is 0 Å². The van der Waals surface area contributed by atoms with Gasteiger partial charge in [-0.05, 0) is 12.8 Å². The molecule has 0 saturated heterocycles. The first-order valence-corrected chi connectivity index (χ1v) is 6.93. The Morgan fingerprint density at radius 1 is 1.25 bits per heavy atom. The molecule has 0 fully saturated rings. The Kier molecular flexibility index (Phi) is 9.10. The van der Waals surface area contributed by atoms with Crippen LogP contribution in [0.4, 0.5) is 0 Å². The van der Waals surface area contributed by atoms with E-state index in [1.807, 2.05) is 0 Å². The fourth-order valence-electron chi connectivity index (χ4n) is 1.80. The third-order valence-corrected chi connectivity index (χ3v) is 2.99. The minimum Gasteiger partial charge on any atom is -0.369 e. The second-order valence-electron chi connectivity index (χ2n) is 5.06. The van der Waals surface area contributed by atoms with E-state index < -0.39 is 11.8 Å². The van der Waals surface area contributed by atoms with E-state index in [4.69, 9.17) is 12.2 Å². The van der Waals surface area contributed by atoms with E-state index in [1.165, 1.54) is 0 Å². The van der Waals surface area contributed by atoms with E-state index in [-0.39, 0.29) is 17.6 Å². The van der Waals surface area contributed by atoms with Crippen molar-refractivity contribution in [2.24, 2.45) is 17.6 Å². The maximum Gasteiger partial charge on any atom is 0.228 e. The van der Waals surface area contributed by atoms with Crippen LogP contribution in [0.3, 0.4) is 0 Å². The predicted octanol–water partition coefficient (Wildman–Crippen LogP) is 1.01. The van der Waals surface area contributed by atoms with Crippen molar-refractivity contribution >= 4 is 17.6 Å². The number of ketones is 1. The average Bonchev–Trinajstić information content (AvgIpc) is 2.39. The fraction of sp³-hybridized carbons (Fsp3) is 0.667. The molecule has 0 aromatic rings. The molecular formula is C15H24N2O3. The van der Waals surface area contributed by atoms with Crippen LogP contribution in [0, 0.1) is 24.2 Å². The topological polar surface area (TPSA) is 89.3 Å². The van der Waals surface area contributed by atoms with E-state index in [0.717, 1.165) is 0 Å². The number of primary amides is 1. The summed E-state index contributed by atoms with van der Waals surface area (Å²) in [7, 11) is 0. The van der Waals surface area contributed by atoms with Gasteiger partial charge in [0, 0.05) is 25.3 Å². The zero-order valence-electron chi connectivity index (χ0n) is 12.3. The van der Waals surface area contributed by atoms with Gasteiger partial charge in [-0.1, -0.05) is 20.3 Å². The molecule has 20 heavy (non-hydrogen) atoms. The molecule has 0 heterocycles. The number of unbranched alkanes of at least 4 members (excludes halogenated alkanes) is 1. The second-order valence-corrected chi connectivity index (χ2v) is 5.06. The van der Waals surface area contributed by atoms with Gasteiger partial charge in [-0.15, -0.1) is 12.3 Å². The monoisotopic (exact) mass is 280 g/mol. The number of hydrogen-bond donors (Lipinski definition) is 2. The lowest BCUT2D eigenvalue weighted by Gasteiger charge is -2.14. The Bertz CT molecular complexity index is 383. The summed E-state index contributed by atoms with van der Waals surface area (Å²) in [4.78, 5) is 34.3. The number of terminal acetylenes is 1. The van der Waals surface area contributed by atoms with Crippen molar-refractivity contribution in [1.82, 2.24) is 5.32 Å². The lowest BCUT2D eigenvalue weighted by Crippen LogP contribution is -2.33. The Hall–Kier alpha value is -1.83. The van der Waals surface area contributed by atoms with E-state index >= 15 is 0 Å². The molecule has 0 saturated carbocycles. The maximum absolute atomic E-state index is 11.8. The predicted molar refractivity (Wildman–Crippen MR) is 77.5 cm³/mol. The van der Waals surface area contributed by atoms with Gasteiger partial charge in [0.05, 0.1) is 5.92 Å². The average molecular weight is 280 g/mol. The van der Waals surface area contributed by atoms with Gasteiger partial charge in [-0.25, -0.2) is 0 Å². The molecule has 5 heteroatoms. The molecule has 3 N–H and O–H groups in total. The van der Waals surface area contributed by atoms with Crippen molar-refractivity contribution in [3.05, 3.63) is 0 Å². The molecule has 0 spiro atoms. The van der Waals surface area contributed by atoms with Crippen LogP contribution in [0.25, 0.3) is 0 Å². The van der Waals surface area contributed by atoms with Crippen molar-refractivity contribution in [1.29, 1.82) is 0 Å². The van der Waals surface area contributed by atoms with Crippen molar-refractivity contribution in [3.63, 3.8) is 0 Å². The molecule has 0 aromatic heterocycles. The first-order chi connectivity index (χ1) is 9.40. The molecule has 0 radical (unpaired) electrons. The first-order valence-electron chi connectivity index (χ1n) is 6.93. The van der Waals surface area contributed by atoms with Crippen molar-refractivity contribution in [2.75, 3.05) is 6.54 Å². The van der Waals surface area contributed by atoms with Gasteiger partial charge in [0.2, 0.25) is 11.8 Å². The fourth-order valence-corrected chi connectivity index (χ4v) is 1.80. The van der Waals surface area contributed by atoms with Gasteiger partial charge in [0.1, 0.15) is 5.78 Å². The minimum absolute atomic E-state index is 0.0762. The highest BCUT2D eigenvalue weighted by molar-refractivity contribution is 6.01. The Labute approximate surface area is 120 Å². The smallest absolute Gasteiger partial charge is 0.228 e. The summed E-state index contributed by atoms with van der Waals surface area (Å²) in [6.45, 7) is 4.03. The maximum atomic E-state index is 11.8. The molecule has 0 aliphatic rings. The molecule has 112 valence electrons. The summed E-state index contributed by atoms with van der Waals surface area (Å²) in [6.07, 6.45) is 7.63. The molecule has 0 bridgehead atoms. The Morgan fingerprint density at radius 3 is 2.40 bits per heavy atom. The third kappa shape index (κ3) is 7.57. The highest BCUT2D eigenvalue weighted by Crippen LogP contribution is 2.14. The molecule has 1 unspecified atom stereocenters. The number of carbonyl (C=O) groups excluding carboxylic acids is 3. The Balaban J connectivity index is 3.92. The zero-order chi connectivity index (χ0) is 15.5. The zero-order valence-corrected chi connectivity index (χ0v) is 12.3. The van der Waals surface area contributed by atoms with E-state index in [9.17, 15) is 14.4 Å². The molecule has 0 rings (SSSR count). The van der Waals surface area contributed by atoms with Crippen LogP contribution >= 0.6 is 0 Å². The summed E-state index contributed by atoms with van der Waals surface area (Å²) in [5, 5.41) is 2.74. The number of nitrogens with two attached hydrogens (primary N) is 1. The molecule has 0 aliphatic carbocycles. The van der Waals surface area contributed by atoms with Crippen LogP contribution in [-0.2, 0) is 14.4 Å². The lowest BCUT2D eigenvalue weighted by atomic mass is 9.90. The van der Waals surface area contributed by atoms with Crippen LogP contribution in [0.1, 0.15) is 46.0 Å². The molecule has 1 atom stereocenters. The van der Waals surface area contributed by atoms with Crippen LogP contribution < -0.4 is 11.1 Å². The molecule has 0 aromatic carbocycles. The van der Waals surface area contributed by atoms with Gasteiger partial charge in [-0.3, -0.25) is 14.4 Å². The summed E-state index contributed by atoms with van der Waals surface area (Å²) < 4.78 is 0.